The fraction of sp³-hybridized carbons (Fsp3) is 0.267. The highest BCUT2D eigenvalue weighted by Crippen LogP contribution is 2.35. The van der Waals surface area contributed by atoms with E-state index < -0.39 is 4.92 Å². The topological polar surface area (TPSA) is 59.3 Å². The van der Waals surface area contributed by atoms with Crippen LogP contribution >= 0.6 is 0 Å². The Labute approximate surface area is 121 Å². The zero-order valence-electron chi connectivity index (χ0n) is 11.3. The molecule has 1 fully saturated rings. The van der Waals surface area contributed by atoms with Crippen LogP contribution in [0.3, 0.4) is 0 Å². The molecule has 1 aromatic carbocycles. The van der Waals surface area contributed by atoms with Crippen LogP contribution < -0.4 is 4.90 Å². The van der Waals surface area contributed by atoms with Crippen LogP contribution in [0.25, 0.3) is 0 Å². The molecule has 3 rings (SSSR count). The molecule has 108 valence electrons. The number of anilines is 1. The SMILES string of the molecule is O=[N+]([O-])c1ccc(N2CCC[C@H]2c2cccc(F)c2)nc1. The average Bonchev–Trinajstić information content (AvgIpc) is 2.97. The number of rotatable bonds is 3. The summed E-state index contributed by atoms with van der Waals surface area (Å²) in [6.45, 7) is 0.811. The number of aromatic nitrogens is 1. The molecule has 0 unspecified atom stereocenters. The lowest BCUT2D eigenvalue weighted by Gasteiger charge is -2.26. The quantitative estimate of drug-likeness (QED) is 0.640. The predicted octanol–water partition coefficient (Wildman–Crippen LogP) is 3.47. The largest absolute Gasteiger partial charge is 0.350 e. The Morgan fingerprint density at radius 2 is 2.19 bits per heavy atom. The van der Waals surface area contributed by atoms with Gasteiger partial charge in [0.2, 0.25) is 0 Å². The molecule has 0 amide bonds. The van der Waals surface area contributed by atoms with E-state index in [1.165, 1.54) is 24.4 Å². The zero-order valence-corrected chi connectivity index (χ0v) is 11.3. The number of pyridine rings is 1. The molecule has 0 radical (unpaired) electrons. The molecule has 0 saturated carbocycles. The summed E-state index contributed by atoms with van der Waals surface area (Å²) in [5.41, 5.74) is 0.882. The van der Waals surface area contributed by atoms with Crippen LogP contribution in [0.1, 0.15) is 24.4 Å². The summed E-state index contributed by atoms with van der Waals surface area (Å²) in [5, 5.41) is 10.7. The first-order valence-electron chi connectivity index (χ1n) is 6.78. The van der Waals surface area contributed by atoms with E-state index in [1.54, 1.807) is 12.1 Å². The van der Waals surface area contributed by atoms with Gasteiger partial charge >= 0.3 is 0 Å². The van der Waals surface area contributed by atoms with Gasteiger partial charge in [0.15, 0.2) is 0 Å². The highest BCUT2D eigenvalue weighted by molar-refractivity contribution is 5.46. The van der Waals surface area contributed by atoms with Crippen LogP contribution in [0.2, 0.25) is 0 Å². The highest BCUT2D eigenvalue weighted by Gasteiger charge is 2.27. The van der Waals surface area contributed by atoms with Crippen LogP contribution in [0.15, 0.2) is 42.6 Å². The maximum Gasteiger partial charge on any atom is 0.287 e. The van der Waals surface area contributed by atoms with Gasteiger partial charge in [-0.25, -0.2) is 9.37 Å². The summed E-state index contributed by atoms with van der Waals surface area (Å²) in [7, 11) is 0. The molecule has 6 heteroatoms. The van der Waals surface area contributed by atoms with Crippen LogP contribution in [-0.2, 0) is 0 Å². The summed E-state index contributed by atoms with van der Waals surface area (Å²) in [4.78, 5) is 16.4. The lowest BCUT2D eigenvalue weighted by molar-refractivity contribution is -0.385. The van der Waals surface area contributed by atoms with Crippen molar-refractivity contribution in [1.82, 2.24) is 4.98 Å². The molecule has 1 aliphatic rings. The zero-order chi connectivity index (χ0) is 14.8. The van der Waals surface area contributed by atoms with E-state index in [9.17, 15) is 14.5 Å². The van der Waals surface area contributed by atoms with Gasteiger partial charge in [-0.3, -0.25) is 10.1 Å². The van der Waals surface area contributed by atoms with Crippen LogP contribution in [0, 0.1) is 15.9 Å². The number of nitrogens with zero attached hydrogens (tertiary/aromatic N) is 3. The number of hydrogen-bond donors (Lipinski definition) is 0. The van der Waals surface area contributed by atoms with Crippen LogP contribution in [-0.4, -0.2) is 16.5 Å². The third kappa shape index (κ3) is 2.69. The molecule has 0 bridgehead atoms. The van der Waals surface area contributed by atoms with Crippen molar-refractivity contribution in [3.8, 4) is 0 Å². The van der Waals surface area contributed by atoms with Crippen molar-refractivity contribution in [2.24, 2.45) is 0 Å². The smallest absolute Gasteiger partial charge is 0.287 e. The van der Waals surface area contributed by atoms with Crippen molar-refractivity contribution in [2.45, 2.75) is 18.9 Å². The fourth-order valence-corrected chi connectivity index (χ4v) is 2.76. The predicted molar refractivity (Wildman–Crippen MR) is 76.6 cm³/mol. The first-order chi connectivity index (χ1) is 10.1. The van der Waals surface area contributed by atoms with Crippen LogP contribution in [0.5, 0.6) is 0 Å². The number of halogens is 1. The molecule has 5 nitrogen and oxygen atoms in total. The van der Waals surface area contributed by atoms with E-state index in [4.69, 9.17) is 0 Å². The van der Waals surface area contributed by atoms with Gasteiger partial charge in [-0.15, -0.1) is 0 Å². The van der Waals surface area contributed by atoms with Gasteiger partial charge in [0.05, 0.1) is 11.0 Å². The van der Waals surface area contributed by atoms with Gasteiger partial charge in [0.25, 0.3) is 5.69 Å². The Hall–Kier alpha value is -2.50. The molecule has 21 heavy (non-hydrogen) atoms. The molecule has 1 aliphatic heterocycles. The van der Waals surface area contributed by atoms with Gasteiger partial charge in [0, 0.05) is 12.6 Å². The number of benzene rings is 1. The summed E-state index contributed by atoms with van der Waals surface area (Å²) in [6, 6.07) is 9.72. The molecule has 0 spiro atoms. The molecule has 2 heterocycles. The molecule has 1 saturated heterocycles. The van der Waals surface area contributed by atoms with Crippen LogP contribution in [0.4, 0.5) is 15.9 Å². The van der Waals surface area contributed by atoms with E-state index >= 15 is 0 Å². The first-order valence-corrected chi connectivity index (χ1v) is 6.78. The van der Waals surface area contributed by atoms with Gasteiger partial charge in [-0.1, -0.05) is 12.1 Å². The second kappa shape index (κ2) is 5.47. The third-order valence-electron chi connectivity index (χ3n) is 3.72. The standard InChI is InChI=1S/C15H14FN3O2/c16-12-4-1-3-11(9-12)14-5-2-8-18(14)15-7-6-13(10-17-15)19(20)21/h1,3-4,6-7,9-10,14H,2,5,8H2/t14-/m0/s1. The third-order valence-corrected chi connectivity index (χ3v) is 3.72. The number of nitro groups is 1. The lowest BCUT2D eigenvalue weighted by Crippen LogP contribution is -2.23. The Morgan fingerprint density at radius 1 is 1.33 bits per heavy atom. The normalized spacial score (nSPS) is 18.0. The van der Waals surface area contributed by atoms with Gasteiger partial charge in [-0.05, 0) is 36.6 Å². The van der Waals surface area contributed by atoms with Crippen molar-refractivity contribution in [1.29, 1.82) is 0 Å². The summed E-state index contributed by atoms with van der Waals surface area (Å²) >= 11 is 0. The summed E-state index contributed by atoms with van der Waals surface area (Å²) in [5.74, 6) is 0.434. The van der Waals surface area contributed by atoms with Gasteiger partial charge < -0.3 is 4.90 Å². The van der Waals surface area contributed by atoms with Crippen molar-refractivity contribution < 1.29 is 9.31 Å². The van der Waals surface area contributed by atoms with Gasteiger partial charge in [-0.2, -0.15) is 0 Å². The molecule has 0 aliphatic carbocycles. The van der Waals surface area contributed by atoms with Crippen molar-refractivity contribution >= 4 is 11.5 Å². The summed E-state index contributed by atoms with van der Waals surface area (Å²) in [6.07, 6.45) is 3.16. The highest BCUT2D eigenvalue weighted by atomic mass is 19.1. The lowest BCUT2D eigenvalue weighted by atomic mass is 10.0. The minimum Gasteiger partial charge on any atom is -0.350 e. The van der Waals surface area contributed by atoms with E-state index in [2.05, 4.69) is 9.88 Å². The van der Waals surface area contributed by atoms with E-state index in [0.29, 0.717) is 5.82 Å². The summed E-state index contributed by atoms with van der Waals surface area (Å²) < 4.78 is 13.4. The Bertz CT molecular complexity index is 660. The maximum absolute atomic E-state index is 13.4. The van der Waals surface area contributed by atoms with Gasteiger partial charge in [0.1, 0.15) is 17.8 Å². The van der Waals surface area contributed by atoms with Crippen molar-refractivity contribution in [3.63, 3.8) is 0 Å². The fourth-order valence-electron chi connectivity index (χ4n) is 2.76. The Kier molecular flexibility index (Phi) is 3.51. The molecule has 1 atom stereocenters. The number of hydrogen-bond acceptors (Lipinski definition) is 4. The molecule has 1 aromatic heterocycles. The van der Waals surface area contributed by atoms with E-state index in [0.717, 1.165) is 24.9 Å². The molecular weight excluding hydrogens is 273 g/mol. The van der Waals surface area contributed by atoms with Crippen molar-refractivity contribution in [3.05, 3.63) is 64.1 Å². The monoisotopic (exact) mass is 287 g/mol. The Morgan fingerprint density at radius 3 is 2.86 bits per heavy atom. The second-order valence-electron chi connectivity index (χ2n) is 5.04. The second-order valence-corrected chi connectivity index (χ2v) is 5.04. The van der Waals surface area contributed by atoms with Crippen molar-refractivity contribution in [2.75, 3.05) is 11.4 Å². The molecular formula is C15H14FN3O2. The maximum atomic E-state index is 13.4. The molecule has 2 aromatic rings. The first kappa shape index (κ1) is 13.5. The average molecular weight is 287 g/mol. The minimum atomic E-state index is -0.467. The van der Waals surface area contributed by atoms with E-state index in [-0.39, 0.29) is 17.5 Å². The van der Waals surface area contributed by atoms with E-state index in [1.807, 2.05) is 6.07 Å². The molecule has 0 N–H and O–H groups in total. The minimum absolute atomic E-state index is 0.0275. The Balaban J connectivity index is 1.88.